The molecule has 1 aromatic carbocycles. The molecule has 1 aliphatic carbocycles. The summed E-state index contributed by atoms with van der Waals surface area (Å²) in [6.45, 7) is 1.67. The number of nitrogens with zero attached hydrogens (tertiary/aromatic N) is 3. The number of carbonyl (C=O) groups is 1. The Hall–Kier alpha value is -3.03. The van der Waals surface area contributed by atoms with Gasteiger partial charge in [-0.15, -0.1) is 10.2 Å². The van der Waals surface area contributed by atoms with Gasteiger partial charge in [-0.3, -0.25) is 14.9 Å². The smallest absolute Gasteiger partial charge is 0.310 e. The Morgan fingerprint density at radius 1 is 1.32 bits per heavy atom. The number of allylic oxidation sites excluding steroid dienone is 2. The van der Waals surface area contributed by atoms with Gasteiger partial charge < -0.3 is 9.15 Å². The third kappa shape index (κ3) is 3.90. The highest BCUT2D eigenvalue weighted by molar-refractivity contribution is 5.73. The van der Waals surface area contributed by atoms with Crippen LogP contribution in [0.15, 0.2) is 40.8 Å². The SMILES string of the molecule is CC(OC(=O)C1CC=CCC1)c1nnc(-c2ccc([N+](=O)[O-])cc2)o1. The van der Waals surface area contributed by atoms with E-state index in [-0.39, 0.29) is 29.4 Å². The number of nitro groups is 1. The molecule has 0 amide bonds. The molecule has 3 rings (SSSR count). The lowest BCUT2D eigenvalue weighted by Crippen LogP contribution is -2.20. The molecule has 1 heterocycles. The zero-order valence-corrected chi connectivity index (χ0v) is 13.6. The second-order valence-corrected chi connectivity index (χ2v) is 5.81. The van der Waals surface area contributed by atoms with Gasteiger partial charge in [0.2, 0.25) is 5.89 Å². The van der Waals surface area contributed by atoms with Crippen LogP contribution in [0, 0.1) is 16.0 Å². The van der Waals surface area contributed by atoms with Crippen LogP contribution in [0.5, 0.6) is 0 Å². The first kappa shape index (κ1) is 16.8. The molecule has 0 spiro atoms. The molecule has 0 fully saturated rings. The summed E-state index contributed by atoms with van der Waals surface area (Å²) >= 11 is 0. The summed E-state index contributed by atoms with van der Waals surface area (Å²) in [6, 6.07) is 5.78. The van der Waals surface area contributed by atoms with Crippen molar-refractivity contribution in [3.8, 4) is 11.5 Å². The second kappa shape index (κ2) is 7.25. The summed E-state index contributed by atoms with van der Waals surface area (Å²) in [5.74, 6) is -0.00194. The number of hydrogen-bond donors (Lipinski definition) is 0. The molecule has 1 aliphatic rings. The van der Waals surface area contributed by atoms with Gasteiger partial charge in [0.1, 0.15) is 0 Å². The van der Waals surface area contributed by atoms with Crippen LogP contribution in [-0.2, 0) is 9.53 Å². The van der Waals surface area contributed by atoms with Crippen LogP contribution in [0.4, 0.5) is 5.69 Å². The highest BCUT2D eigenvalue weighted by atomic mass is 16.6. The van der Waals surface area contributed by atoms with E-state index in [9.17, 15) is 14.9 Å². The molecule has 25 heavy (non-hydrogen) atoms. The number of benzene rings is 1. The number of rotatable bonds is 5. The lowest BCUT2D eigenvalue weighted by molar-refractivity contribution is -0.384. The van der Waals surface area contributed by atoms with Crippen molar-refractivity contribution < 1.29 is 18.9 Å². The highest BCUT2D eigenvalue weighted by Gasteiger charge is 2.25. The third-order valence-electron chi connectivity index (χ3n) is 4.01. The molecular weight excluding hydrogens is 326 g/mol. The first-order chi connectivity index (χ1) is 12.0. The van der Waals surface area contributed by atoms with Crippen LogP contribution in [0.3, 0.4) is 0 Å². The molecule has 0 radical (unpaired) electrons. The summed E-state index contributed by atoms with van der Waals surface area (Å²) in [5.41, 5.74) is 0.535. The molecular formula is C17H17N3O5. The van der Waals surface area contributed by atoms with Crippen LogP contribution in [-0.4, -0.2) is 21.1 Å². The average molecular weight is 343 g/mol. The van der Waals surface area contributed by atoms with Crippen molar-refractivity contribution in [1.82, 2.24) is 10.2 Å². The Kier molecular flexibility index (Phi) is 4.87. The van der Waals surface area contributed by atoms with Gasteiger partial charge in [0.05, 0.1) is 10.8 Å². The zero-order valence-electron chi connectivity index (χ0n) is 13.6. The van der Waals surface area contributed by atoms with Crippen molar-refractivity contribution in [1.29, 1.82) is 0 Å². The molecule has 0 bridgehead atoms. The fourth-order valence-electron chi connectivity index (χ4n) is 2.57. The van der Waals surface area contributed by atoms with Crippen LogP contribution in [0.1, 0.15) is 38.2 Å². The first-order valence-electron chi connectivity index (χ1n) is 7.98. The summed E-state index contributed by atoms with van der Waals surface area (Å²) < 4.78 is 11.0. The number of carbonyl (C=O) groups excluding carboxylic acids is 1. The minimum atomic E-state index is -0.655. The van der Waals surface area contributed by atoms with Gasteiger partial charge >= 0.3 is 5.97 Å². The average Bonchev–Trinajstić information content (AvgIpc) is 3.13. The Bertz CT molecular complexity index is 797. The van der Waals surface area contributed by atoms with E-state index in [1.807, 2.05) is 6.08 Å². The lowest BCUT2D eigenvalue weighted by Gasteiger charge is -2.18. The van der Waals surface area contributed by atoms with Crippen molar-refractivity contribution in [2.75, 3.05) is 0 Å². The maximum Gasteiger partial charge on any atom is 0.310 e. The summed E-state index contributed by atoms with van der Waals surface area (Å²) in [5, 5.41) is 18.5. The van der Waals surface area contributed by atoms with Crippen LogP contribution >= 0.6 is 0 Å². The number of nitro benzene ring substituents is 1. The molecule has 8 heteroatoms. The maximum atomic E-state index is 12.2. The van der Waals surface area contributed by atoms with E-state index in [1.54, 1.807) is 6.92 Å². The Morgan fingerprint density at radius 3 is 2.72 bits per heavy atom. The largest absolute Gasteiger partial charge is 0.452 e. The van der Waals surface area contributed by atoms with Crippen molar-refractivity contribution in [3.05, 3.63) is 52.4 Å². The zero-order chi connectivity index (χ0) is 17.8. The minimum Gasteiger partial charge on any atom is -0.452 e. The van der Waals surface area contributed by atoms with Crippen molar-refractivity contribution in [2.45, 2.75) is 32.3 Å². The van der Waals surface area contributed by atoms with Crippen LogP contribution in [0.2, 0.25) is 0 Å². The van der Waals surface area contributed by atoms with E-state index >= 15 is 0 Å². The monoisotopic (exact) mass is 343 g/mol. The molecule has 130 valence electrons. The molecule has 8 nitrogen and oxygen atoms in total. The molecule has 2 aromatic rings. The molecule has 2 atom stereocenters. The number of aromatic nitrogens is 2. The van der Waals surface area contributed by atoms with Crippen LogP contribution < -0.4 is 0 Å². The summed E-state index contributed by atoms with van der Waals surface area (Å²) in [7, 11) is 0. The van der Waals surface area contributed by atoms with E-state index in [0.29, 0.717) is 12.0 Å². The van der Waals surface area contributed by atoms with E-state index in [0.717, 1.165) is 12.8 Å². The van der Waals surface area contributed by atoms with Gasteiger partial charge in [0, 0.05) is 17.7 Å². The quantitative estimate of drug-likeness (QED) is 0.353. The van der Waals surface area contributed by atoms with Gasteiger partial charge in [0.15, 0.2) is 6.10 Å². The third-order valence-corrected chi connectivity index (χ3v) is 4.01. The standard InChI is InChI=1S/C17H17N3O5/c1-11(24-17(21)13-5-3-2-4-6-13)15-18-19-16(25-15)12-7-9-14(10-8-12)20(22)23/h2-3,7-11,13H,4-6H2,1H3. The van der Waals surface area contributed by atoms with Gasteiger partial charge in [-0.1, -0.05) is 12.2 Å². The maximum absolute atomic E-state index is 12.2. The minimum absolute atomic E-state index is 0.0210. The topological polar surface area (TPSA) is 108 Å². The van der Waals surface area contributed by atoms with E-state index in [1.165, 1.54) is 24.3 Å². The van der Waals surface area contributed by atoms with Crippen LogP contribution in [0.25, 0.3) is 11.5 Å². The second-order valence-electron chi connectivity index (χ2n) is 5.81. The van der Waals surface area contributed by atoms with E-state index in [4.69, 9.17) is 9.15 Å². The van der Waals surface area contributed by atoms with E-state index < -0.39 is 11.0 Å². The Morgan fingerprint density at radius 2 is 2.08 bits per heavy atom. The molecule has 1 aromatic heterocycles. The fraction of sp³-hybridized carbons (Fsp3) is 0.353. The predicted molar refractivity (Wildman–Crippen MR) is 87.4 cm³/mol. The van der Waals surface area contributed by atoms with Gasteiger partial charge in [-0.2, -0.15) is 0 Å². The summed E-state index contributed by atoms with van der Waals surface area (Å²) in [6.07, 6.45) is 5.72. The number of ether oxygens (including phenoxy) is 1. The molecule has 0 aliphatic heterocycles. The molecule has 0 saturated carbocycles. The molecule has 2 unspecified atom stereocenters. The Balaban J connectivity index is 1.66. The first-order valence-corrected chi connectivity index (χ1v) is 7.98. The van der Waals surface area contributed by atoms with Gasteiger partial charge in [-0.05, 0) is 38.3 Å². The molecule has 0 N–H and O–H groups in total. The van der Waals surface area contributed by atoms with E-state index in [2.05, 4.69) is 16.3 Å². The van der Waals surface area contributed by atoms with Gasteiger partial charge in [0.25, 0.3) is 11.6 Å². The number of hydrogen-bond acceptors (Lipinski definition) is 7. The number of non-ortho nitro benzene ring substituents is 1. The number of esters is 1. The van der Waals surface area contributed by atoms with Crippen molar-refractivity contribution in [2.24, 2.45) is 5.92 Å². The Labute approximate surface area is 143 Å². The fourth-order valence-corrected chi connectivity index (χ4v) is 2.57. The van der Waals surface area contributed by atoms with Gasteiger partial charge in [-0.25, -0.2) is 0 Å². The van der Waals surface area contributed by atoms with Crippen molar-refractivity contribution >= 4 is 11.7 Å². The lowest BCUT2D eigenvalue weighted by atomic mass is 9.95. The predicted octanol–water partition coefficient (Wildman–Crippen LogP) is 3.61. The highest BCUT2D eigenvalue weighted by Crippen LogP contribution is 2.26. The summed E-state index contributed by atoms with van der Waals surface area (Å²) in [4.78, 5) is 22.3. The molecule has 0 saturated heterocycles. The van der Waals surface area contributed by atoms with Crippen molar-refractivity contribution in [3.63, 3.8) is 0 Å². The normalized spacial score (nSPS) is 17.9.